The Morgan fingerprint density at radius 2 is 2.04 bits per heavy atom. The maximum atomic E-state index is 12.3. The van der Waals surface area contributed by atoms with E-state index in [2.05, 4.69) is 21.2 Å². The lowest BCUT2D eigenvalue weighted by Gasteiger charge is -2.20. The number of carbonyl (C=O) groups is 2. The summed E-state index contributed by atoms with van der Waals surface area (Å²) in [5, 5.41) is 3.20. The number of urea groups is 1. The van der Waals surface area contributed by atoms with Crippen molar-refractivity contribution in [1.29, 1.82) is 0 Å². The zero-order chi connectivity index (χ0) is 19.1. The molecule has 3 amide bonds. The standard InChI is InChI=1S/C18H19BrClN3O3/c1-12(24)23(15-5-2-4-14(21)11-15)18(25)22-8-3-9-26-17-7-6-13(19)10-16(17)20/h2,4-7,10-11H,3,8-9,21H2,1H3,(H,22,25). The number of halogens is 2. The lowest BCUT2D eigenvalue weighted by Crippen LogP contribution is -2.43. The highest BCUT2D eigenvalue weighted by Gasteiger charge is 2.19. The Morgan fingerprint density at radius 3 is 2.69 bits per heavy atom. The maximum Gasteiger partial charge on any atom is 0.328 e. The van der Waals surface area contributed by atoms with E-state index in [9.17, 15) is 9.59 Å². The van der Waals surface area contributed by atoms with Crippen molar-refractivity contribution in [2.75, 3.05) is 23.8 Å². The molecule has 26 heavy (non-hydrogen) atoms. The Labute approximate surface area is 165 Å². The van der Waals surface area contributed by atoms with Crippen molar-refractivity contribution in [3.05, 3.63) is 52.0 Å². The Bertz CT molecular complexity index is 801. The van der Waals surface area contributed by atoms with Crippen molar-refractivity contribution in [3.63, 3.8) is 0 Å². The number of rotatable bonds is 6. The number of ether oxygens (including phenoxy) is 1. The number of carbonyl (C=O) groups excluding carboxylic acids is 2. The van der Waals surface area contributed by atoms with Gasteiger partial charge in [-0.05, 0) is 42.8 Å². The lowest BCUT2D eigenvalue weighted by atomic mass is 10.2. The first-order valence-corrected chi connectivity index (χ1v) is 9.07. The molecule has 0 saturated heterocycles. The monoisotopic (exact) mass is 439 g/mol. The molecule has 2 rings (SSSR count). The molecule has 0 spiro atoms. The summed E-state index contributed by atoms with van der Waals surface area (Å²) in [7, 11) is 0. The fourth-order valence-corrected chi connectivity index (χ4v) is 2.95. The smallest absolute Gasteiger partial charge is 0.328 e. The van der Waals surface area contributed by atoms with Gasteiger partial charge in [0.25, 0.3) is 0 Å². The number of imide groups is 1. The topological polar surface area (TPSA) is 84.7 Å². The fourth-order valence-electron chi connectivity index (χ4n) is 2.23. The van der Waals surface area contributed by atoms with Gasteiger partial charge in [0.05, 0.1) is 17.3 Å². The number of nitrogens with zero attached hydrogens (tertiary/aromatic N) is 1. The highest BCUT2D eigenvalue weighted by Crippen LogP contribution is 2.27. The molecule has 138 valence electrons. The Hall–Kier alpha value is -2.25. The van der Waals surface area contributed by atoms with E-state index >= 15 is 0 Å². The van der Waals surface area contributed by atoms with Gasteiger partial charge in [-0.25, -0.2) is 9.69 Å². The molecule has 8 heteroatoms. The summed E-state index contributed by atoms with van der Waals surface area (Å²) in [5.74, 6) is 0.178. The zero-order valence-electron chi connectivity index (χ0n) is 14.2. The van der Waals surface area contributed by atoms with Gasteiger partial charge in [-0.3, -0.25) is 4.79 Å². The van der Waals surface area contributed by atoms with E-state index in [4.69, 9.17) is 22.1 Å². The van der Waals surface area contributed by atoms with Crippen molar-refractivity contribution >= 4 is 50.8 Å². The van der Waals surface area contributed by atoms with E-state index in [1.54, 1.807) is 36.4 Å². The molecule has 0 radical (unpaired) electrons. The Kier molecular flexibility index (Phi) is 7.29. The molecule has 2 aromatic carbocycles. The number of nitrogen functional groups attached to an aromatic ring is 1. The van der Waals surface area contributed by atoms with E-state index in [-0.39, 0.29) is 0 Å². The van der Waals surface area contributed by atoms with Crippen molar-refractivity contribution < 1.29 is 14.3 Å². The molecule has 0 fully saturated rings. The van der Waals surface area contributed by atoms with Gasteiger partial charge >= 0.3 is 6.03 Å². The third-order valence-electron chi connectivity index (χ3n) is 3.40. The van der Waals surface area contributed by atoms with Crippen LogP contribution < -0.4 is 20.7 Å². The molecular formula is C18H19BrClN3O3. The molecule has 0 heterocycles. The van der Waals surface area contributed by atoms with Crippen LogP contribution in [-0.2, 0) is 4.79 Å². The molecule has 0 atom stereocenters. The number of nitrogens with one attached hydrogen (secondary N) is 1. The van der Waals surface area contributed by atoms with Crippen LogP contribution in [0.25, 0.3) is 0 Å². The summed E-state index contributed by atoms with van der Waals surface area (Å²) < 4.78 is 6.45. The van der Waals surface area contributed by atoms with Gasteiger partial charge < -0.3 is 15.8 Å². The van der Waals surface area contributed by atoms with Gasteiger partial charge in [0.15, 0.2) is 0 Å². The van der Waals surface area contributed by atoms with E-state index in [1.807, 2.05) is 6.07 Å². The third kappa shape index (κ3) is 5.64. The van der Waals surface area contributed by atoms with E-state index in [0.717, 1.165) is 9.37 Å². The quantitative estimate of drug-likeness (QED) is 0.520. The molecule has 0 aromatic heterocycles. The first-order chi connectivity index (χ1) is 12.4. The number of amides is 3. The summed E-state index contributed by atoms with van der Waals surface area (Å²) in [6.45, 7) is 2.04. The minimum absolute atomic E-state index is 0.346. The van der Waals surface area contributed by atoms with Gasteiger partial charge in [-0.15, -0.1) is 0 Å². The van der Waals surface area contributed by atoms with Crippen LogP contribution in [0.4, 0.5) is 16.2 Å². The van der Waals surface area contributed by atoms with Gasteiger partial charge in [0, 0.05) is 23.6 Å². The maximum absolute atomic E-state index is 12.3. The average molecular weight is 441 g/mol. The van der Waals surface area contributed by atoms with Crippen molar-refractivity contribution in [2.45, 2.75) is 13.3 Å². The summed E-state index contributed by atoms with van der Waals surface area (Å²) in [4.78, 5) is 25.2. The molecule has 0 aliphatic rings. The van der Waals surface area contributed by atoms with Gasteiger partial charge in [-0.1, -0.05) is 33.6 Å². The van der Waals surface area contributed by atoms with Crippen LogP contribution in [0, 0.1) is 0 Å². The number of nitrogens with two attached hydrogens (primary N) is 1. The van der Waals surface area contributed by atoms with Crippen LogP contribution in [0.3, 0.4) is 0 Å². The molecule has 2 aromatic rings. The number of hydrogen-bond donors (Lipinski definition) is 2. The lowest BCUT2D eigenvalue weighted by molar-refractivity contribution is -0.115. The molecule has 0 unspecified atom stereocenters. The number of hydrogen-bond acceptors (Lipinski definition) is 4. The molecule has 0 bridgehead atoms. The number of benzene rings is 2. The summed E-state index contributed by atoms with van der Waals surface area (Å²) in [6.07, 6.45) is 0.556. The largest absolute Gasteiger partial charge is 0.492 e. The van der Waals surface area contributed by atoms with Crippen LogP contribution in [0.5, 0.6) is 5.75 Å². The first kappa shape index (κ1) is 20.1. The van der Waals surface area contributed by atoms with Gasteiger partial charge in [0.2, 0.25) is 5.91 Å². The molecule has 0 saturated carbocycles. The van der Waals surface area contributed by atoms with E-state index < -0.39 is 11.9 Å². The van der Waals surface area contributed by atoms with E-state index in [1.165, 1.54) is 6.92 Å². The SMILES string of the molecule is CC(=O)N(C(=O)NCCCOc1ccc(Br)cc1Cl)c1cccc(N)c1. The molecule has 0 aliphatic carbocycles. The summed E-state index contributed by atoms with van der Waals surface area (Å²) in [6, 6.07) is 11.4. The predicted octanol–water partition coefficient (Wildman–Crippen LogP) is 4.22. The third-order valence-corrected chi connectivity index (χ3v) is 4.18. The van der Waals surface area contributed by atoms with Gasteiger partial charge in [0.1, 0.15) is 5.75 Å². The Morgan fingerprint density at radius 1 is 1.27 bits per heavy atom. The second-order valence-corrected chi connectivity index (χ2v) is 6.78. The predicted molar refractivity (Wildman–Crippen MR) is 107 cm³/mol. The minimum atomic E-state index is -0.509. The summed E-state index contributed by atoms with van der Waals surface area (Å²) >= 11 is 9.40. The zero-order valence-corrected chi connectivity index (χ0v) is 16.5. The van der Waals surface area contributed by atoms with Crippen LogP contribution in [0.1, 0.15) is 13.3 Å². The fraction of sp³-hybridized carbons (Fsp3) is 0.222. The molecule has 0 aliphatic heterocycles. The minimum Gasteiger partial charge on any atom is -0.492 e. The Balaban J connectivity index is 1.84. The van der Waals surface area contributed by atoms with Crippen LogP contribution >= 0.6 is 27.5 Å². The van der Waals surface area contributed by atoms with Crippen LogP contribution in [0.2, 0.25) is 5.02 Å². The van der Waals surface area contributed by atoms with Crippen molar-refractivity contribution in [1.82, 2.24) is 5.32 Å². The highest BCUT2D eigenvalue weighted by atomic mass is 79.9. The number of anilines is 2. The molecule has 6 nitrogen and oxygen atoms in total. The first-order valence-electron chi connectivity index (χ1n) is 7.90. The highest BCUT2D eigenvalue weighted by molar-refractivity contribution is 9.10. The average Bonchev–Trinajstić information content (AvgIpc) is 2.56. The van der Waals surface area contributed by atoms with Crippen LogP contribution in [-0.4, -0.2) is 25.1 Å². The molecular weight excluding hydrogens is 422 g/mol. The van der Waals surface area contributed by atoms with Crippen molar-refractivity contribution in [3.8, 4) is 5.75 Å². The van der Waals surface area contributed by atoms with Crippen molar-refractivity contribution in [2.24, 2.45) is 0 Å². The second-order valence-electron chi connectivity index (χ2n) is 5.46. The second kappa shape index (κ2) is 9.45. The van der Waals surface area contributed by atoms with Gasteiger partial charge in [-0.2, -0.15) is 0 Å². The summed E-state index contributed by atoms with van der Waals surface area (Å²) in [5.41, 5.74) is 6.61. The normalized spacial score (nSPS) is 10.3. The molecule has 3 N–H and O–H groups in total. The van der Waals surface area contributed by atoms with Crippen LogP contribution in [0.15, 0.2) is 46.9 Å². The van der Waals surface area contributed by atoms with E-state index in [0.29, 0.717) is 41.7 Å².